The molecule has 3 heteroatoms. The molecule has 3 atom stereocenters. The lowest BCUT2D eigenvalue weighted by Gasteiger charge is -2.35. The van der Waals surface area contributed by atoms with Crippen molar-refractivity contribution in [2.24, 2.45) is 17.3 Å². The van der Waals surface area contributed by atoms with Gasteiger partial charge in [-0.1, -0.05) is 46.5 Å². The zero-order valence-corrected chi connectivity index (χ0v) is 14.2. The van der Waals surface area contributed by atoms with Crippen molar-refractivity contribution in [2.75, 3.05) is 6.54 Å². The Bertz CT molecular complexity index is 340. The summed E-state index contributed by atoms with van der Waals surface area (Å²) in [6.07, 6.45) is 11.4. The number of hydrogen-bond donors (Lipinski definition) is 2. The van der Waals surface area contributed by atoms with Crippen LogP contribution in [0, 0.1) is 17.3 Å². The molecule has 2 aliphatic rings. The average Bonchev–Trinajstić information content (AvgIpc) is 2.45. The van der Waals surface area contributed by atoms with Crippen LogP contribution in [0.2, 0.25) is 0 Å². The Morgan fingerprint density at radius 3 is 2.62 bits per heavy atom. The van der Waals surface area contributed by atoms with Crippen LogP contribution in [0.3, 0.4) is 0 Å². The number of hydrogen-bond acceptors (Lipinski definition) is 1. The Kier molecular flexibility index (Phi) is 5.95. The summed E-state index contributed by atoms with van der Waals surface area (Å²) in [5.41, 5.74) is 0.456. The van der Waals surface area contributed by atoms with Crippen molar-refractivity contribution < 1.29 is 4.79 Å². The highest BCUT2D eigenvalue weighted by Crippen LogP contribution is 2.38. The third-order valence-electron chi connectivity index (χ3n) is 5.61. The van der Waals surface area contributed by atoms with Gasteiger partial charge in [0.05, 0.1) is 0 Å². The second-order valence-corrected chi connectivity index (χ2v) is 8.04. The topological polar surface area (TPSA) is 41.1 Å². The summed E-state index contributed by atoms with van der Waals surface area (Å²) in [7, 11) is 0. The van der Waals surface area contributed by atoms with Gasteiger partial charge in [0.2, 0.25) is 0 Å². The van der Waals surface area contributed by atoms with Crippen LogP contribution in [0.4, 0.5) is 4.79 Å². The summed E-state index contributed by atoms with van der Waals surface area (Å²) < 4.78 is 0. The lowest BCUT2D eigenvalue weighted by Crippen LogP contribution is -2.48. The number of carbonyl (C=O) groups is 1. The normalized spacial score (nSPS) is 32.4. The molecule has 3 nitrogen and oxygen atoms in total. The molecule has 2 aliphatic carbocycles. The molecule has 0 bridgehead atoms. The highest BCUT2D eigenvalue weighted by Gasteiger charge is 2.29. The van der Waals surface area contributed by atoms with E-state index in [4.69, 9.17) is 0 Å². The Morgan fingerprint density at radius 1 is 1.14 bits per heavy atom. The van der Waals surface area contributed by atoms with Gasteiger partial charge in [0.1, 0.15) is 0 Å². The quantitative estimate of drug-likeness (QED) is 0.789. The monoisotopic (exact) mass is 294 g/mol. The van der Waals surface area contributed by atoms with Gasteiger partial charge >= 0.3 is 6.03 Å². The van der Waals surface area contributed by atoms with E-state index < -0.39 is 0 Å². The number of carbonyl (C=O) groups excluding carboxylic acids is 1. The molecule has 2 rings (SSSR count). The van der Waals surface area contributed by atoms with Crippen molar-refractivity contribution in [3.05, 3.63) is 0 Å². The minimum absolute atomic E-state index is 0.0590. The fourth-order valence-electron chi connectivity index (χ4n) is 4.37. The lowest BCUT2D eigenvalue weighted by molar-refractivity contribution is 0.174. The number of nitrogens with one attached hydrogen (secondary N) is 2. The number of amides is 2. The Labute approximate surface area is 130 Å². The molecular weight excluding hydrogens is 260 g/mol. The Morgan fingerprint density at radius 2 is 1.90 bits per heavy atom. The Hall–Kier alpha value is -0.730. The van der Waals surface area contributed by atoms with Crippen LogP contribution in [-0.2, 0) is 0 Å². The molecule has 0 aromatic carbocycles. The van der Waals surface area contributed by atoms with E-state index in [1.807, 2.05) is 0 Å². The fourth-order valence-corrected chi connectivity index (χ4v) is 4.37. The van der Waals surface area contributed by atoms with Gasteiger partial charge in [-0.25, -0.2) is 4.79 Å². The predicted octanol–water partition coefficient (Wildman–Crippen LogP) is 4.47. The molecule has 0 heterocycles. The van der Waals surface area contributed by atoms with Crippen LogP contribution < -0.4 is 10.6 Å². The summed E-state index contributed by atoms with van der Waals surface area (Å²) in [6.45, 7) is 7.80. The third-order valence-corrected chi connectivity index (χ3v) is 5.61. The lowest BCUT2D eigenvalue weighted by atomic mass is 9.72. The van der Waals surface area contributed by atoms with Crippen molar-refractivity contribution in [3.63, 3.8) is 0 Å². The van der Waals surface area contributed by atoms with E-state index in [0.29, 0.717) is 23.3 Å². The van der Waals surface area contributed by atoms with E-state index >= 15 is 0 Å². The zero-order valence-electron chi connectivity index (χ0n) is 14.2. The van der Waals surface area contributed by atoms with Gasteiger partial charge in [0, 0.05) is 12.6 Å². The van der Waals surface area contributed by atoms with Crippen molar-refractivity contribution in [1.82, 2.24) is 10.6 Å². The highest BCUT2D eigenvalue weighted by atomic mass is 16.2. The first-order valence-electron chi connectivity index (χ1n) is 9.04. The van der Waals surface area contributed by atoms with Gasteiger partial charge in [-0.3, -0.25) is 0 Å². The van der Waals surface area contributed by atoms with E-state index in [0.717, 1.165) is 13.0 Å². The van der Waals surface area contributed by atoms with Crippen LogP contribution in [0.15, 0.2) is 0 Å². The summed E-state index contributed by atoms with van der Waals surface area (Å²) in [6, 6.07) is 0.454. The summed E-state index contributed by atoms with van der Waals surface area (Å²) in [5.74, 6) is 1.34. The molecule has 2 N–H and O–H groups in total. The molecule has 0 saturated heterocycles. The van der Waals surface area contributed by atoms with Crippen LogP contribution in [0.25, 0.3) is 0 Å². The van der Waals surface area contributed by atoms with Gasteiger partial charge < -0.3 is 10.6 Å². The zero-order chi connectivity index (χ0) is 15.3. The minimum Gasteiger partial charge on any atom is -0.338 e. The molecule has 2 amide bonds. The van der Waals surface area contributed by atoms with Crippen LogP contribution in [0.1, 0.15) is 78.6 Å². The molecule has 21 heavy (non-hydrogen) atoms. The summed E-state index contributed by atoms with van der Waals surface area (Å²) >= 11 is 0. The van der Waals surface area contributed by atoms with E-state index in [-0.39, 0.29) is 6.03 Å². The molecule has 0 spiro atoms. The second kappa shape index (κ2) is 7.51. The van der Waals surface area contributed by atoms with E-state index in [1.165, 1.54) is 51.4 Å². The maximum absolute atomic E-state index is 12.2. The molecule has 0 aliphatic heterocycles. The summed E-state index contributed by atoms with van der Waals surface area (Å²) in [4.78, 5) is 12.2. The van der Waals surface area contributed by atoms with E-state index in [2.05, 4.69) is 31.4 Å². The number of urea groups is 1. The first-order valence-corrected chi connectivity index (χ1v) is 9.04. The molecule has 0 aromatic rings. The summed E-state index contributed by atoms with van der Waals surface area (Å²) in [5, 5.41) is 6.36. The minimum atomic E-state index is 0.0590. The van der Waals surface area contributed by atoms with Gasteiger partial charge in [-0.05, 0) is 49.4 Å². The van der Waals surface area contributed by atoms with Crippen LogP contribution >= 0.6 is 0 Å². The van der Waals surface area contributed by atoms with Crippen LogP contribution in [0.5, 0.6) is 0 Å². The Balaban J connectivity index is 1.71. The highest BCUT2D eigenvalue weighted by molar-refractivity contribution is 5.74. The molecular formula is C18H34N2O. The second-order valence-electron chi connectivity index (χ2n) is 8.04. The van der Waals surface area contributed by atoms with E-state index in [9.17, 15) is 4.79 Å². The third kappa shape index (κ3) is 5.19. The predicted molar refractivity (Wildman–Crippen MR) is 88.3 cm³/mol. The van der Waals surface area contributed by atoms with E-state index in [1.54, 1.807) is 0 Å². The first-order chi connectivity index (χ1) is 10.00. The molecule has 0 radical (unpaired) electrons. The molecule has 2 fully saturated rings. The molecule has 3 unspecified atom stereocenters. The average molecular weight is 294 g/mol. The van der Waals surface area contributed by atoms with Crippen LogP contribution in [-0.4, -0.2) is 18.6 Å². The van der Waals surface area contributed by atoms with Crippen molar-refractivity contribution in [3.8, 4) is 0 Å². The SMILES string of the molecule is CCC1CCCCC1NC(=O)NCC1CCCC(C)(C)C1. The molecule has 122 valence electrons. The van der Waals surface area contributed by atoms with Gasteiger partial charge in [-0.2, -0.15) is 0 Å². The smallest absolute Gasteiger partial charge is 0.315 e. The fraction of sp³-hybridized carbons (Fsp3) is 0.944. The maximum atomic E-state index is 12.2. The first kappa shape index (κ1) is 16.6. The van der Waals surface area contributed by atoms with Crippen molar-refractivity contribution in [1.29, 1.82) is 0 Å². The standard InChI is InChI=1S/C18H34N2O/c1-4-15-9-5-6-10-16(15)20-17(21)19-13-14-8-7-11-18(2,3)12-14/h14-16H,4-13H2,1-3H3,(H2,19,20,21). The van der Waals surface area contributed by atoms with Gasteiger partial charge in [0.15, 0.2) is 0 Å². The number of rotatable bonds is 4. The largest absolute Gasteiger partial charge is 0.338 e. The van der Waals surface area contributed by atoms with Gasteiger partial charge in [0.25, 0.3) is 0 Å². The van der Waals surface area contributed by atoms with Crippen molar-refractivity contribution >= 4 is 6.03 Å². The van der Waals surface area contributed by atoms with Crippen molar-refractivity contribution in [2.45, 2.75) is 84.6 Å². The van der Waals surface area contributed by atoms with Gasteiger partial charge in [-0.15, -0.1) is 0 Å². The molecule has 0 aromatic heterocycles. The molecule has 2 saturated carbocycles. The maximum Gasteiger partial charge on any atom is 0.315 e.